The second-order valence-electron chi connectivity index (χ2n) is 6.09. The van der Waals surface area contributed by atoms with Crippen molar-refractivity contribution in [1.29, 1.82) is 0 Å². The van der Waals surface area contributed by atoms with Crippen molar-refractivity contribution >= 4 is 27.4 Å². The van der Waals surface area contributed by atoms with Crippen molar-refractivity contribution in [1.82, 2.24) is 14.6 Å². The van der Waals surface area contributed by atoms with Gasteiger partial charge < -0.3 is 14.6 Å². The predicted molar refractivity (Wildman–Crippen MR) is 85.5 cm³/mol. The van der Waals surface area contributed by atoms with E-state index >= 15 is 0 Å². The quantitative estimate of drug-likeness (QED) is 0.906. The third-order valence-electron chi connectivity index (χ3n) is 4.85. The molecule has 2 bridgehead atoms. The third kappa shape index (κ3) is 2.38. The minimum absolute atomic E-state index is 0.0457. The molecule has 0 aromatic carbocycles. The molecule has 1 N–H and O–H groups in total. The molecule has 2 aromatic rings. The topological polar surface area (TPSA) is 36.8 Å². The van der Waals surface area contributed by atoms with E-state index in [1.54, 1.807) is 0 Å². The summed E-state index contributed by atoms with van der Waals surface area (Å²) in [6.45, 7) is 3.40. The fraction of sp³-hybridized carbons (Fsp3) is 0.438. The number of nitrogens with one attached hydrogen (secondary N) is 1. The SMILES string of the molecule is O=C(N[C@H]1CN2CCC1CC2)c1ccn2ccc(Br)c2c1. The summed E-state index contributed by atoms with van der Waals surface area (Å²) in [5.41, 5.74) is 1.76. The number of rotatable bonds is 2. The van der Waals surface area contributed by atoms with Gasteiger partial charge in [-0.3, -0.25) is 4.79 Å². The number of halogens is 1. The maximum atomic E-state index is 12.5. The van der Waals surface area contributed by atoms with Gasteiger partial charge in [0.2, 0.25) is 0 Å². The second-order valence-corrected chi connectivity index (χ2v) is 6.94. The zero-order chi connectivity index (χ0) is 14.4. The first-order chi connectivity index (χ1) is 10.2. The standard InChI is InChI=1S/C16H18BrN3O/c17-13-4-8-20-7-3-12(9-15(13)20)16(21)18-14-10-19-5-1-11(14)2-6-19/h3-4,7-9,11,14H,1-2,5-6,10H2,(H,18,21)/t14-/m0/s1. The highest BCUT2D eigenvalue weighted by atomic mass is 79.9. The molecule has 0 spiro atoms. The zero-order valence-corrected chi connectivity index (χ0v) is 13.3. The van der Waals surface area contributed by atoms with Crippen molar-refractivity contribution in [3.63, 3.8) is 0 Å². The molecule has 21 heavy (non-hydrogen) atoms. The number of carbonyl (C=O) groups is 1. The van der Waals surface area contributed by atoms with E-state index < -0.39 is 0 Å². The Morgan fingerprint density at radius 3 is 2.71 bits per heavy atom. The monoisotopic (exact) mass is 347 g/mol. The lowest BCUT2D eigenvalue weighted by molar-refractivity contribution is 0.0620. The van der Waals surface area contributed by atoms with Gasteiger partial charge in [-0.05, 0) is 66.0 Å². The molecule has 1 atom stereocenters. The lowest BCUT2D eigenvalue weighted by Gasteiger charge is -2.44. The Hall–Kier alpha value is -1.33. The number of fused-ring (bicyclic) bond motifs is 4. The van der Waals surface area contributed by atoms with Crippen molar-refractivity contribution in [2.45, 2.75) is 18.9 Å². The van der Waals surface area contributed by atoms with Gasteiger partial charge in [-0.2, -0.15) is 0 Å². The van der Waals surface area contributed by atoms with Gasteiger partial charge in [0.05, 0.1) is 5.52 Å². The van der Waals surface area contributed by atoms with E-state index in [9.17, 15) is 4.79 Å². The maximum absolute atomic E-state index is 12.5. The Morgan fingerprint density at radius 2 is 2.00 bits per heavy atom. The van der Waals surface area contributed by atoms with Gasteiger partial charge in [-0.15, -0.1) is 0 Å². The van der Waals surface area contributed by atoms with Gasteiger partial charge in [-0.25, -0.2) is 0 Å². The molecule has 5 heterocycles. The first-order valence-corrected chi connectivity index (χ1v) is 8.29. The van der Waals surface area contributed by atoms with Crippen molar-refractivity contribution in [2.24, 2.45) is 5.92 Å². The van der Waals surface area contributed by atoms with E-state index in [4.69, 9.17) is 0 Å². The summed E-state index contributed by atoms with van der Waals surface area (Å²) in [5, 5.41) is 3.24. The molecule has 110 valence electrons. The van der Waals surface area contributed by atoms with Crippen molar-refractivity contribution in [3.8, 4) is 0 Å². The van der Waals surface area contributed by atoms with Crippen LogP contribution in [0.1, 0.15) is 23.2 Å². The van der Waals surface area contributed by atoms with Crippen molar-refractivity contribution < 1.29 is 4.79 Å². The van der Waals surface area contributed by atoms with Gasteiger partial charge in [0.25, 0.3) is 5.91 Å². The van der Waals surface area contributed by atoms with Crippen LogP contribution < -0.4 is 5.32 Å². The lowest BCUT2D eigenvalue weighted by Crippen LogP contribution is -2.57. The molecule has 0 radical (unpaired) electrons. The first kappa shape index (κ1) is 13.3. The second kappa shape index (κ2) is 5.14. The van der Waals surface area contributed by atoms with E-state index in [1.165, 1.54) is 25.9 Å². The van der Waals surface area contributed by atoms with Gasteiger partial charge in [0.1, 0.15) is 0 Å². The van der Waals surface area contributed by atoms with E-state index in [0.717, 1.165) is 22.1 Å². The Bertz CT molecular complexity index is 688. The number of nitrogens with zero attached hydrogens (tertiary/aromatic N) is 2. The van der Waals surface area contributed by atoms with Crippen LogP contribution in [-0.4, -0.2) is 40.9 Å². The molecular weight excluding hydrogens is 330 g/mol. The van der Waals surface area contributed by atoms with Crippen LogP contribution >= 0.6 is 15.9 Å². The fourth-order valence-electron chi connectivity index (χ4n) is 3.59. The van der Waals surface area contributed by atoms with Gasteiger partial charge >= 0.3 is 0 Å². The van der Waals surface area contributed by atoms with Gasteiger partial charge in [0.15, 0.2) is 0 Å². The number of pyridine rings is 1. The molecule has 0 unspecified atom stereocenters. The number of hydrogen-bond acceptors (Lipinski definition) is 2. The first-order valence-electron chi connectivity index (χ1n) is 7.50. The Labute approximate surface area is 132 Å². The molecule has 3 aliphatic rings. The maximum Gasteiger partial charge on any atom is 0.251 e. The van der Waals surface area contributed by atoms with Crippen LogP contribution in [-0.2, 0) is 0 Å². The van der Waals surface area contributed by atoms with Gasteiger partial charge in [0, 0.05) is 35.0 Å². The fourth-order valence-corrected chi connectivity index (χ4v) is 4.02. The summed E-state index contributed by atoms with van der Waals surface area (Å²) < 4.78 is 3.02. The molecule has 3 aliphatic heterocycles. The highest BCUT2D eigenvalue weighted by Gasteiger charge is 2.34. The van der Waals surface area contributed by atoms with E-state index in [0.29, 0.717) is 12.0 Å². The van der Waals surface area contributed by atoms with Gasteiger partial charge in [-0.1, -0.05) is 0 Å². The molecule has 3 saturated heterocycles. The summed E-state index contributed by atoms with van der Waals surface area (Å²) in [6, 6.07) is 6.13. The minimum Gasteiger partial charge on any atom is -0.348 e. The lowest BCUT2D eigenvalue weighted by atomic mass is 9.84. The van der Waals surface area contributed by atoms with Crippen LogP contribution in [0.25, 0.3) is 5.52 Å². The number of amides is 1. The molecular formula is C16H18BrN3O. The van der Waals surface area contributed by atoms with E-state index in [2.05, 4.69) is 26.1 Å². The van der Waals surface area contributed by atoms with Crippen LogP contribution in [0, 0.1) is 5.92 Å². The summed E-state index contributed by atoms with van der Waals surface area (Å²) in [7, 11) is 0. The number of hydrogen-bond donors (Lipinski definition) is 1. The molecule has 5 heteroatoms. The molecule has 0 saturated carbocycles. The summed E-state index contributed by atoms with van der Waals surface area (Å²) in [6.07, 6.45) is 6.35. The smallest absolute Gasteiger partial charge is 0.251 e. The van der Waals surface area contributed by atoms with Crippen LogP contribution in [0.3, 0.4) is 0 Å². The van der Waals surface area contributed by atoms with Crippen LogP contribution in [0.15, 0.2) is 35.1 Å². The molecule has 3 fully saturated rings. The minimum atomic E-state index is 0.0457. The molecule has 0 aliphatic carbocycles. The number of aromatic nitrogens is 1. The summed E-state index contributed by atoms with van der Waals surface area (Å²) >= 11 is 3.52. The summed E-state index contributed by atoms with van der Waals surface area (Å²) in [4.78, 5) is 15.0. The highest BCUT2D eigenvalue weighted by molar-refractivity contribution is 9.10. The van der Waals surface area contributed by atoms with Crippen LogP contribution in [0.5, 0.6) is 0 Å². The van der Waals surface area contributed by atoms with E-state index in [-0.39, 0.29) is 5.91 Å². The zero-order valence-electron chi connectivity index (χ0n) is 11.8. The van der Waals surface area contributed by atoms with Crippen molar-refractivity contribution in [2.75, 3.05) is 19.6 Å². The van der Waals surface area contributed by atoms with Crippen molar-refractivity contribution in [3.05, 3.63) is 40.6 Å². The normalized spacial score (nSPS) is 28.0. The number of piperidine rings is 3. The average molecular weight is 348 g/mol. The molecule has 5 rings (SSSR count). The number of carbonyl (C=O) groups excluding carboxylic acids is 1. The highest BCUT2D eigenvalue weighted by Crippen LogP contribution is 2.28. The Kier molecular flexibility index (Phi) is 3.27. The van der Waals surface area contributed by atoms with Crippen LogP contribution in [0.4, 0.5) is 0 Å². The third-order valence-corrected chi connectivity index (χ3v) is 5.52. The Balaban J connectivity index is 1.54. The van der Waals surface area contributed by atoms with E-state index in [1.807, 2.05) is 35.0 Å². The molecule has 1 amide bonds. The Morgan fingerprint density at radius 1 is 1.24 bits per heavy atom. The summed E-state index contributed by atoms with van der Waals surface area (Å²) in [5.74, 6) is 0.701. The largest absolute Gasteiger partial charge is 0.348 e. The average Bonchev–Trinajstić information content (AvgIpc) is 2.89. The molecule has 4 nitrogen and oxygen atoms in total. The van der Waals surface area contributed by atoms with Crippen LogP contribution in [0.2, 0.25) is 0 Å². The predicted octanol–water partition coefficient (Wildman–Crippen LogP) is 2.53. The molecule has 2 aromatic heterocycles.